The first-order valence-electron chi connectivity index (χ1n) is 6.01. The molecule has 1 aromatic carbocycles. The lowest BCUT2D eigenvalue weighted by Crippen LogP contribution is -2.16. The molecular weight excluding hydrogens is 371 g/mol. The number of nitrogens with two attached hydrogens (primary N) is 1. The second-order valence-corrected chi connectivity index (χ2v) is 6.97. The molecule has 0 radical (unpaired) electrons. The van der Waals surface area contributed by atoms with Crippen LogP contribution in [0, 0.1) is 3.70 Å². The third-order valence-corrected chi connectivity index (χ3v) is 4.03. The Hall–Kier alpha value is -0.810. The first-order chi connectivity index (χ1) is 8.79. The van der Waals surface area contributed by atoms with E-state index in [0.29, 0.717) is 0 Å². The van der Waals surface area contributed by atoms with Gasteiger partial charge in [0.1, 0.15) is 3.70 Å². The fourth-order valence-electron chi connectivity index (χ4n) is 1.91. The number of halogens is 2. The molecule has 1 aromatic heterocycles. The molecule has 0 atom stereocenters. The van der Waals surface area contributed by atoms with Crippen LogP contribution >= 0.6 is 34.2 Å². The number of benzene rings is 1. The summed E-state index contributed by atoms with van der Waals surface area (Å²) in [5.41, 5.74) is 10.0. The van der Waals surface area contributed by atoms with Crippen LogP contribution in [0.4, 0.5) is 5.69 Å². The minimum absolute atomic E-state index is 0.00583. The van der Waals surface area contributed by atoms with Crippen LogP contribution in [0.1, 0.15) is 26.3 Å². The van der Waals surface area contributed by atoms with Crippen molar-refractivity contribution in [3.8, 4) is 11.3 Å². The third-order valence-electron chi connectivity index (χ3n) is 2.96. The van der Waals surface area contributed by atoms with Crippen molar-refractivity contribution < 1.29 is 0 Å². The Morgan fingerprint density at radius 2 is 1.74 bits per heavy atom. The highest BCUT2D eigenvalue weighted by molar-refractivity contribution is 14.1. The van der Waals surface area contributed by atoms with Crippen LogP contribution in [0.15, 0.2) is 30.3 Å². The van der Waals surface area contributed by atoms with Gasteiger partial charge in [0.25, 0.3) is 0 Å². The molecule has 2 rings (SSSR count). The molecule has 0 bridgehead atoms. The lowest BCUT2D eigenvalue weighted by Gasteiger charge is -2.22. The minimum Gasteiger partial charge on any atom is -0.396 e. The predicted octanol–water partition coefficient (Wildman–Crippen LogP) is 4.89. The fourth-order valence-corrected chi connectivity index (χ4v) is 2.59. The van der Waals surface area contributed by atoms with Gasteiger partial charge >= 0.3 is 0 Å². The average Bonchev–Trinajstić information content (AvgIpc) is 2.32. The highest BCUT2D eigenvalue weighted by atomic mass is 127. The van der Waals surface area contributed by atoms with E-state index in [2.05, 4.69) is 54.4 Å². The van der Waals surface area contributed by atoms with Crippen molar-refractivity contribution in [3.05, 3.63) is 44.6 Å². The Balaban J connectivity index is 2.60. The molecule has 0 saturated carbocycles. The van der Waals surface area contributed by atoms with Crippen molar-refractivity contribution in [2.24, 2.45) is 0 Å². The van der Waals surface area contributed by atoms with Gasteiger partial charge in [0.15, 0.2) is 0 Å². The molecule has 0 fully saturated rings. The van der Waals surface area contributed by atoms with Gasteiger partial charge in [0.05, 0.1) is 11.4 Å². The normalized spacial score (nSPS) is 11.6. The summed E-state index contributed by atoms with van der Waals surface area (Å²) < 4.78 is 0.843. The third kappa shape index (κ3) is 3.20. The van der Waals surface area contributed by atoms with E-state index in [-0.39, 0.29) is 5.41 Å². The minimum atomic E-state index is -0.00583. The van der Waals surface area contributed by atoms with E-state index in [9.17, 15) is 0 Å². The first-order valence-corrected chi connectivity index (χ1v) is 7.47. The van der Waals surface area contributed by atoms with Crippen molar-refractivity contribution >= 4 is 39.9 Å². The van der Waals surface area contributed by atoms with E-state index in [4.69, 9.17) is 17.3 Å². The van der Waals surface area contributed by atoms with Crippen LogP contribution < -0.4 is 5.73 Å². The summed E-state index contributed by atoms with van der Waals surface area (Å²) in [6, 6.07) is 9.77. The van der Waals surface area contributed by atoms with Crippen LogP contribution in [-0.2, 0) is 5.41 Å². The zero-order valence-corrected chi connectivity index (χ0v) is 14.1. The molecule has 2 aromatic rings. The number of pyridine rings is 1. The second-order valence-electron chi connectivity index (χ2n) is 5.52. The SMILES string of the molecule is CC(C)(C)c1cc(-c2ccc(Cl)cc2)nc(I)c1N. The largest absolute Gasteiger partial charge is 0.396 e. The van der Waals surface area contributed by atoms with Gasteiger partial charge in [-0.2, -0.15) is 0 Å². The summed E-state index contributed by atoms with van der Waals surface area (Å²) in [7, 11) is 0. The number of hydrogen-bond donors (Lipinski definition) is 1. The molecule has 0 unspecified atom stereocenters. The van der Waals surface area contributed by atoms with E-state index in [0.717, 1.165) is 31.2 Å². The van der Waals surface area contributed by atoms with Crippen LogP contribution in [0.5, 0.6) is 0 Å². The molecule has 100 valence electrons. The maximum atomic E-state index is 6.15. The molecule has 2 N–H and O–H groups in total. The Kier molecular flexibility index (Phi) is 4.06. The second kappa shape index (κ2) is 5.29. The molecule has 2 nitrogen and oxygen atoms in total. The number of nitrogen functional groups attached to an aromatic ring is 1. The van der Waals surface area contributed by atoms with Crippen LogP contribution in [-0.4, -0.2) is 4.98 Å². The van der Waals surface area contributed by atoms with Gasteiger partial charge in [-0.3, -0.25) is 0 Å². The topological polar surface area (TPSA) is 38.9 Å². The van der Waals surface area contributed by atoms with Crippen molar-refractivity contribution in [1.82, 2.24) is 4.98 Å². The van der Waals surface area contributed by atoms with Gasteiger partial charge in [0.2, 0.25) is 0 Å². The zero-order valence-electron chi connectivity index (χ0n) is 11.2. The van der Waals surface area contributed by atoms with E-state index in [1.54, 1.807) is 0 Å². The van der Waals surface area contributed by atoms with E-state index in [1.165, 1.54) is 0 Å². The van der Waals surface area contributed by atoms with Gasteiger partial charge in [-0.15, -0.1) is 0 Å². The van der Waals surface area contributed by atoms with Crippen molar-refractivity contribution in [1.29, 1.82) is 0 Å². The smallest absolute Gasteiger partial charge is 0.125 e. The Bertz CT molecular complexity index is 601. The van der Waals surface area contributed by atoms with Crippen molar-refractivity contribution in [2.75, 3.05) is 5.73 Å². The van der Waals surface area contributed by atoms with Crippen LogP contribution in [0.2, 0.25) is 5.02 Å². The molecule has 0 aliphatic rings. The fraction of sp³-hybridized carbons (Fsp3) is 0.267. The number of hydrogen-bond acceptors (Lipinski definition) is 2. The van der Waals surface area contributed by atoms with Gasteiger partial charge in [-0.05, 0) is 51.8 Å². The molecule has 19 heavy (non-hydrogen) atoms. The molecule has 0 aliphatic heterocycles. The van der Waals surface area contributed by atoms with E-state index < -0.39 is 0 Å². The first kappa shape index (κ1) is 14.6. The molecule has 4 heteroatoms. The Morgan fingerprint density at radius 3 is 2.26 bits per heavy atom. The Morgan fingerprint density at radius 1 is 1.16 bits per heavy atom. The van der Waals surface area contributed by atoms with Gasteiger partial charge in [-0.1, -0.05) is 44.5 Å². The summed E-state index contributed by atoms with van der Waals surface area (Å²) in [6.07, 6.45) is 0. The molecule has 0 spiro atoms. The standard InChI is InChI=1S/C15H16ClIN2/c1-15(2,3)11-8-12(19-14(17)13(11)18)9-4-6-10(16)7-5-9/h4-8H,18H2,1-3H3. The number of aromatic nitrogens is 1. The maximum Gasteiger partial charge on any atom is 0.125 e. The number of rotatable bonds is 1. The summed E-state index contributed by atoms with van der Waals surface area (Å²) in [6.45, 7) is 6.46. The summed E-state index contributed by atoms with van der Waals surface area (Å²) >= 11 is 8.10. The Labute approximate surface area is 132 Å². The van der Waals surface area contributed by atoms with Crippen LogP contribution in [0.3, 0.4) is 0 Å². The quantitative estimate of drug-likeness (QED) is 0.560. The molecule has 0 aliphatic carbocycles. The zero-order chi connectivity index (χ0) is 14.2. The van der Waals surface area contributed by atoms with Gasteiger partial charge < -0.3 is 5.73 Å². The van der Waals surface area contributed by atoms with Gasteiger partial charge in [-0.25, -0.2) is 4.98 Å². The van der Waals surface area contributed by atoms with Crippen LogP contribution in [0.25, 0.3) is 11.3 Å². The average molecular weight is 387 g/mol. The van der Waals surface area contributed by atoms with Crippen molar-refractivity contribution in [3.63, 3.8) is 0 Å². The number of nitrogens with zero attached hydrogens (tertiary/aromatic N) is 1. The lowest BCUT2D eigenvalue weighted by atomic mass is 9.85. The lowest BCUT2D eigenvalue weighted by molar-refractivity contribution is 0.591. The highest BCUT2D eigenvalue weighted by Gasteiger charge is 2.20. The number of anilines is 1. The van der Waals surface area contributed by atoms with E-state index in [1.807, 2.05) is 24.3 Å². The summed E-state index contributed by atoms with van der Waals surface area (Å²) in [5.74, 6) is 0. The molecular formula is C15H16ClIN2. The molecule has 1 heterocycles. The predicted molar refractivity (Wildman–Crippen MR) is 90.5 cm³/mol. The monoisotopic (exact) mass is 386 g/mol. The molecule has 0 amide bonds. The van der Waals surface area contributed by atoms with Gasteiger partial charge in [0, 0.05) is 10.6 Å². The summed E-state index contributed by atoms with van der Waals surface area (Å²) in [4.78, 5) is 4.57. The van der Waals surface area contributed by atoms with Crippen molar-refractivity contribution in [2.45, 2.75) is 26.2 Å². The molecule has 0 saturated heterocycles. The summed E-state index contributed by atoms with van der Waals surface area (Å²) in [5, 5.41) is 0.727. The maximum absolute atomic E-state index is 6.15. The highest BCUT2D eigenvalue weighted by Crippen LogP contribution is 2.33. The van der Waals surface area contributed by atoms with E-state index >= 15 is 0 Å².